The van der Waals surface area contributed by atoms with Crippen molar-refractivity contribution in [3.8, 4) is 5.75 Å². The van der Waals surface area contributed by atoms with Crippen molar-refractivity contribution >= 4 is 24.1 Å². The third-order valence-corrected chi connectivity index (χ3v) is 5.61. The van der Waals surface area contributed by atoms with Gasteiger partial charge in [-0.15, -0.1) is 0 Å². The standard InChI is InChI=1S/C27H29NO.C2H2O4/c1-3-7-23(8-4-1)9-10-24-15-17-27(18-16-24)29-22-26-13-11-25(12-14-26)21-28-19-5-2-6-20-28;3-1(4)2(5)6/h1,3-4,7-18H,2,5-6,19-22H2;(H,3,4)(H,5,6)/b10-9+;. The predicted octanol–water partition coefficient (Wildman–Crippen LogP) is 5.58. The van der Waals surface area contributed by atoms with E-state index in [1.807, 2.05) is 18.2 Å². The van der Waals surface area contributed by atoms with E-state index in [1.54, 1.807) is 0 Å². The van der Waals surface area contributed by atoms with Gasteiger partial charge in [0.1, 0.15) is 12.4 Å². The number of ether oxygens (including phenoxy) is 1. The Morgan fingerprint density at radius 2 is 1.26 bits per heavy atom. The first kappa shape index (κ1) is 25.7. The van der Waals surface area contributed by atoms with Crippen LogP contribution >= 0.6 is 0 Å². The lowest BCUT2D eigenvalue weighted by Gasteiger charge is -2.26. The Balaban J connectivity index is 0.000000509. The highest BCUT2D eigenvalue weighted by Gasteiger charge is 2.10. The van der Waals surface area contributed by atoms with Crippen LogP contribution in [0.5, 0.6) is 5.75 Å². The summed E-state index contributed by atoms with van der Waals surface area (Å²) in [6.45, 7) is 4.14. The van der Waals surface area contributed by atoms with E-state index in [1.165, 1.54) is 54.6 Å². The van der Waals surface area contributed by atoms with E-state index >= 15 is 0 Å². The number of aliphatic carboxylic acids is 2. The Bertz CT molecular complexity index is 1070. The molecule has 0 unspecified atom stereocenters. The molecule has 2 N–H and O–H groups in total. The molecular formula is C29H31NO5. The van der Waals surface area contributed by atoms with Gasteiger partial charge in [0, 0.05) is 6.54 Å². The highest BCUT2D eigenvalue weighted by atomic mass is 16.5. The van der Waals surface area contributed by atoms with Gasteiger partial charge in [-0.2, -0.15) is 0 Å². The smallest absolute Gasteiger partial charge is 0.414 e. The summed E-state index contributed by atoms with van der Waals surface area (Å²) in [6.07, 6.45) is 8.32. The number of benzene rings is 3. The quantitative estimate of drug-likeness (QED) is 0.344. The van der Waals surface area contributed by atoms with E-state index in [2.05, 4.69) is 77.7 Å². The van der Waals surface area contributed by atoms with Crippen LogP contribution in [0.4, 0.5) is 0 Å². The van der Waals surface area contributed by atoms with Crippen molar-refractivity contribution in [2.24, 2.45) is 0 Å². The van der Waals surface area contributed by atoms with Crippen molar-refractivity contribution in [1.29, 1.82) is 0 Å². The molecule has 0 atom stereocenters. The van der Waals surface area contributed by atoms with Crippen LogP contribution in [-0.4, -0.2) is 40.1 Å². The molecule has 4 rings (SSSR count). The van der Waals surface area contributed by atoms with Crippen molar-refractivity contribution in [1.82, 2.24) is 4.90 Å². The Morgan fingerprint density at radius 1 is 0.714 bits per heavy atom. The third kappa shape index (κ3) is 9.47. The van der Waals surface area contributed by atoms with E-state index < -0.39 is 11.9 Å². The fourth-order valence-electron chi connectivity index (χ4n) is 3.72. The number of carboxylic acids is 2. The summed E-state index contributed by atoms with van der Waals surface area (Å²) in [5.74, 6) is -2.75. The third-order valence-electron chi connectivity index (χ3n) is 5.61. The first-order valence-electron chi connectivity index (χ1n) is 11.7. The van der Waals surface area contributed by atoms with Crippen LogP contribution in [0.2, 0.25) is 0 Å². The maximum atomic E-state index is 9.10. The maximum Gasteiger partial charge on any atom is 0.414 e. The Kier molecular flexibility index (Phi) is 10.1. The lowest BCUT2D eigenvalue weighted by atomic mass is 10.1. The molecule has 0 aliphatic carbocycles. The molecule has 1 saturated heterocycles. The minimum absolute atomic E-state index is 0.600. The molecule has 1 heterocycles. The second-order valence-corrected chi connectivity index (χ2v) is 8.37. The summed E-state index contributed by atoms with van der Waals surface area (Å²) in [5, 5.41) is 14.8. The second-order valence-electron chi connectivity index (χ2n) is 8.37. The monoisotopic (exact) mass is 473 g/mol. The normalized spacial score (nSPS) is 13.6. The minimum Gasteiger partial charge on any atom is -0.489 e. The number of rotatable bonds is 7. The van der Waals surface area contributed by atoms with Crippen LogP contribution in [-0.2, 0) is 22.7 Å². The van der Waals surface area contributed by atoms with Gasteiger partial charge in [-0.05, 0) is 60.3 Å². The summed E-state index contributed by atoms with van der Waals surface area (Å²) >= 11 is 0. The van der Waals surface area contributed by atoms with Crippen molar-refractivity contribution < 1.29 is 24.5 Å². The number of nitrogens with zero attached hydrogens (tertiary/aromatic N) is 1. The van der Waals surface area contributed by atoms with E-state index in [0.717, 1.165) is 12.3 Å². The van der Waals surface area contributed by atoms with Gasteiger partial charge < -0.3 is 14.9 Å². The lowest BCUT2D eigenvalue weighted by molar-refractivity contribution is -0.159. The molecular weight excluding hydrogens is 442 g/mol. The summed E-state index contributed by atoms with van der Waals surface area (Å²) in [6, 6.07) is 27.5. The SMILES string of the molecule is C(=C\c1ccc(OCc2ccc(CN3CCCCC3)cc2)cc1)/c1ccccc1.O=C(O)C(=O)O. The number of piperidine rings is 1. The molecule has 3 aromatic rings. The Labute approximate surface area is 206 Å². The van der Waals surface area contributed by atoms with E-state index in [0.29, 0.717) is 6.61 Å². The summed E-state index contributed by atoms with van der Waals surface area (Å²) in [5.41, 5.74) is 4.98. The van der Waals surface area contributed by atoms with E-state index in [9.17, 15) is 0 Å². The highest BCUT2D eigenvalue weighted by Crippen LogP contribution is 2.17. The molecule has 35 heavy (non-hydrogen) atoms. The summed E-state index contributed by atoms with van der Waals surface area (Å²) in [4.78, 5) is 20.8. The van der Waals surface area contributed by atoms with Gasteiger partial charge in [0.05, 0.1) is 0 Å². The number of hydrogen-bond donors (Lipinski definition) is 2. The average Bonchev–Trinajstić information content (AvgIpc) is 2.89. The molecule has 1 fully saturated rings. The maximum absolute atomic E-state index is 9.10. The van der Waals surface area contributed by atoms with Crippen LogP contribution in [0.25, 0.3) is 12.2 Å². The van der Waals surface area contributed by atoms with Gasteiger partial charge in [-0.25, -0.2) is 9.59 Å². The second kappa shape index (κ2) is 13.7. The van der Waals surface area contributed by atoms with Crippen LogP contribution in [0.1, 0.15) is 41.5 Å². The molecule has 0 radical (unpaired) electrons. The number of carboxylic acid groups (broad SMARTS) is 2. The van der Waals surface area contributed by atoms with Crippen molar-refractivity contribution in [2.45, 2.75) is 32.4 Å². The topological polar surface area (TPSA) is 87.1 Å². The van der Waals surface area contributed by atoms with Crippen LogP contribution in [0.3, 0.4) is 0 Å². The Morgan fingerprint density at radius 3 is 1.83 bits per heavy atom. The van der Waals surface area contributed by atoms with Crippen LogP contribution in [0, 0.1) is 0 Å². The first-order valence-corrected chi connectivity index (χ1v) is 11.7. The van der Waals surface area contributed by atoms with Crippen LogP contribution in [0.15, 0.2) is 78.9 Å². The summed E-state index contributed by atoms with van der Waals surface area (Å²) < 4.78 is 5.97. The molecule has 0 bridgehead atoms. The number of carbonyl (C=O) groups is 2. The van der Waals surface area contributed by atoms with Gasteiger partial charge in [0.15, 0.2) is 0 Å². The zero-order chi connectivity index (χ0) is 24.9. The molecule has 0 saturated carbocycles. The van der Waals surface area contributed by atoms with Crippen molar-refractivity contribution in [3.63, 3.8) is 0 Å². The lowest BCUT2D eigenvalue weighted by Crippen LogP contribution is -2.29. The highest BCUT2D eigenvalue weighted by molar-refractivity contribution is 6.27. The van der Waals surface area contributed by atoms with Crippen LogP contribution < -0.4 is 4.74 Å². The molecule has 0 spiro atoms. The molecule has 1 aliphatic heterocycles. The summed E-state index contributed by atoms with van der Waals surface area (Å²) in [7, 11) is 0. The van der Waals surface area contributed by atoms with Crippen molar-refractivity contribution in [3.05, 3.63) is 101 Å². The predicted molar refractivity (Wildman–Crippen MR) is 137 cm³/mol. The zero-order valence-corrected chi connectivity index (χ0v) is 19.7. The zero-order valence-electron chi connectivity index (χ0n) is 19.7. The number of hydrogen-bond acceptors (Lipinski definition) is 4. The molecule has 6 heteroatoms. The Hall–Kier alpha value is -3.90. The average molecular weight is 474 g/mol. The molecule has 6 nitrogen and oxygen atoms in total. The molecule has 3 aromatic carbocycles. The molecule has 0 aromatic heterocycles. The fourth-order valence-corrected chi connectivity index (χ4v) is 3.72. The minimum atomic E-state index is -1.82. The van der Waals surface area contributed by atoms with E-state index in [-0.39, 0.29) is 0 Å². The van der Waals surface area contributed by atoms with Gasteiger partial charge in [-0.3, -0.25) is 4.90 Å². The fraction of sp³-hybridized carbons (Fsp3) is 0.241. The van der Waals surface area contributed by atoms with Gasteiger partial charge >= 0.3 is 11.9 Å². The van der Waals surface area contributed by atoms with Gasteiger partial charge in [-0.1, -0.05) is 85.3 Å². The molecule has 0 amide bonds. The van der Waals surface area contributed by atoms with Gasteiger partial charge in [0.25, 0.3) is 0 Å². The van der Waals surface area contributed by atoms with Crippen molar-refractivity contribution in [2.75, 3.05) is 13.1 Å². The first-order chi connectivity index (χ1) is 17.0. The largest absolute Gasteiger partial charge is 0.489 e. The van der Waals surface area contributed by atoms with Gasteiger partial charge in [0.2, 0.25) is 0 Å². The van der Waals surface area contributed by atoms with E-state index in [4.69, 9.17) is 24.5 Å². The molecule has 1 aliphatic rings. The molecule has 182 valence electrons. The number of likely N-dealkylation sites (tertiary alicyclic amines) is 1.